The molecule has 2 unspecified atom stereocenters. The van der Waals surface area contributed by atoms with Crippen molar-refractivity contribution in [3.63, 3.8) is 0 Å². The fourth-order valence-electron chi connectivity index (χ4n) is 4.14. The summed E-state index contributed by atoms with van der Waals surface area (Å²) in [5, 5.41) is 11.1. The Labute approximate surface area is 160 Å². The van der Waals surface area contributed by atoms with E-state index in [-0.39, 0.29) is 36.3 Å². The minimum Gasteiger partial charge on any atom is -0.481 e. The van der Waals surface area contributed by atoms with Crippen molar-refractivity contribution in [2.45, 2.75) is 31.7 Å². The Morgan fingerprint density at radius 3 is 2.57 bits per heavy atom. The molecule has 4 rings (SSSR count). The maximum atomic E-state index is 12.9. The first-order valence-corrected chi connectivity index (χ1v) is 9.17. The van der Waals surface area contributed by atoms with Gasteiger partial charge in [0.1, 0.15) is 6.04 Å². The highest BCUT2D eigenvalue weighted by atomic mass is 16.4. The molecule has 3 aliphatic heterocycles. The summed E-state index contributed by atoms with van der Waals surface area (Å²) in [5.74, 6) is -2.92. The summed E-state index contributed by atoms with van der Waals surface area (Å²) in [5.41, 5.74) is 1.21. The Morgan fingerprint density at radius 1 is 1.11 bits per heavy atom. The van der Waals surface area contributed by atoms with Gasteiger partial charge in [0.15, 0.2) is 0 Å². The highest BCUT2D eigenvalue weighted by molar-refractivity contribution is 6.23. The zero-order valence-corrected chi connectivity index (χ0v) is 15.0. The summed E-state index contributed by atoms with van der Waals surface area (Å²) in [7, 11) is 0. The van der Waals surface area contributed by atoms with Gasteiger partial charge in [-0.3, -0.25) is 34.2 Å². The Bertz CT molecular complexity index is 911. The van der Waals surface area contributed by atoms with E-state index in [1.165, 1.54) is 0 Å². The molecular weight excluding hydrogens is 366 g/mol. The number of benzene rings is 1. The molecule has 9 heteroatoms. The van der Waals surface area contributed by atoms with E-state index in [1.807, 2.05) is 4.90 Å². The molecule has 9 nitrogen and oxygen atoms in total. The second-order valence-electron chi connectivity index (χ2n) is 7.38. The van der Waals surface area contributed by atoms with Crippen LogP contribution in [0.2, 0.25) is 0 Å². The Kier molecular flexibility index (Phi) is 4.37. The standard InChI is InChI=1S/C19H19N3O6/c23-15-4-3-14(17(26)20-15)22-18(27)12-2-1-11(8-13(12)19(22)28)21-6-5-10(9-21)7-16(24)25/h1-2,8,10,14H,3-7,9H2,(H,24,25)(H,20,23,26). The van der Waals surface area contributed by atoms with Crippen molar-refractivity contribution in [2.75, 3.05) is 18.0 Å². The lowest BCUT2D eigenvalue weighted by Crippen LogP contribution is -2.54. The second kappa shape index (κ2) is 6.74. The van der Waals surface area contributed by atoms with E-state index in [1.54, 1.807) is 18.2 Å². The molecule has 0 radical (unpaired) electrons. The quantitative estimate of drug-likeness (QED) is 0.719. The van der Waals surface area contributed by atoms with Crippen molar-refractivity contribution >= 4 is 35.3 Å². The van der Waals surface area contributed by atoms with Crippen molar-refractivity contribution in [3.8, 4) is 0 Å². The number of carboxylic acid groups (broad SMARTS) is 1. The van der Waals surface area contributed by atoms with Crippen LogP contribution in [0.1, 0.15) is 46.4 Å². The third kappa shape index (κ3) is 3.02. The largest absolute Gasteiger partial charge is 0.481 e. The van der Waals surface area contributed by atoms with Crippen molar-refractivity contribution in [2.24, 2.45) is 5.92 Å². The number of hydrogen-bond acceptors (Lipinski definition) is 6. The maximum absolute atomic E-state index is 12.9. The average Bonchev–Trinajstić information content (AvgIpc) is 3.19. The van der Waals surface area contributed by atoms with E-state index in [2.05, 4.69) is 5.32 Å². The monoisotopic (exact) mass is 385 g/mol. The molecule has 2 N–H and O–H groups in total. The van der Waals surface area contributed by atoms with Crippen LogP contribution >= 0.6 is 0 Å². The number of rotatable bonds is 4. The number of hydrogen-bond donors (Lipinski definition) is 2. The molecule has 0 bridgehead atoms. The molecule has 1 aromatic rings. The van der Waals surface area contributed by atoms with Crippen LogP contribution in [-0.2, 0) is 14.4 Å². The number of carbonyl (C=O) groups excluding carboxylic acids is 4. The first-order chi connectivity index (χ1) is 13.3. The van der Waals surface area contributed by atoms with Gasteiger partial charge in [-0.25, -0.2) is 0 Å². The number of piperidine rings is 1. The topological polar surface area (TPSA) is 124 Å². The fraction of sp³-hybridized carbons (Fsp3) is 0.421. The van der Waals surface area contributed by atoms with E-state index < -0.39 is 35.6 Å². The molecule has 146 valence electrons. The highest BCUT2D eigenvalue weighted by Crippen LogP contribution is 2.32. The number of anilines is 1. The molecule has 2 atom stereocenters. The predicted octanol–water partition coefficient (Wildman–Crippen LogP) is 0.389. The van der Waals surface area contributed by atoms with Crippen LogP contribution in [0.15, 0.2) is 18.2 Å². The summed E-state index contributed by atoms with van der Waals surface area (Å²) >= 11 is 0. The van der Waals surface area contributed by atoms with Gasteiger partial charge in [0.2, 0.25) is 11.8 Å². The molecule has 3 aliphatic rings. The van der Waals surface area contributed by atoms with Gasteiger partial charge >= 0.3 is 5.97 Å². The molecule has 0 aromatic heterocycles. The van der Waals surface area contributed by atoms with Crippen molar-refractivity contribution < 1.29 is 29.1 Å². The van der Waals surface area contributed by atoms with Crippen LogP contribution in [0.3, 0.4) is 0 Å². The Hall–Kier alpha value is -3.23. The lowest BCUT2D eigenvalue weighted by molar-refractivity contribution is -0.138. The number of nitrogens with one attached hydrogen (secondary N) is 1. The molecule has 0 aliphatic carbocycles. The van der Waals surface area contributed by atoms with Crippen LogP contribution in [0.4, 0.5) is 5.69 Å². The van der Waals surface area contributed by atoms with Gasteiger partial charge < -0.3 is 10.0 Å². The average molecular weight is 385 g/mol. The highest BCUT2D eigenvalue weighted by Gasteiger charge is 2.44. The number of fused-ring (bicyclic) bond motifs is 1. The maximum Gasteiger partial charge on any atom is 0.303 e. The Morgan fingerprint density at radius 2 is 1.86 bits per heavy atom. The van der Waals surface area contributed by atoms with E-state index in [0.29, 0.717) is 13.1 Å². The molecule has 0 saturated carbocycles. The SMILES string of the molecule is O=C(O)CC1CCN(c2ccc3c(c2)C(=O)N(C2CCC(=O)NC2=O)C3=O)C1. The second-order valence-corrected chi connectivity index (χ2v) is 7.38. The number of amides is 4. The fourth-order valence-corrected chi connectivity index (χ4v) is 4.14. The lowest BCUT2D eigenvalue weighted by Gasteiger charge is -2.27. The van der Waals surface area contributed by atoms with Crippen LogP contribution in [0.5, 0.6) is 0 Å². The molecule has 0 spiro atoms. The molecule has 3 heterocycles. The van der Waals surface area contributed by atoms with Crippen molar-refractivity contribution in [1.29, 1.82) is 0 Å². The molecular formula is C19H19N3O6. The predicted molar refractivity (Wildman–Crippen MR) is 95.7 cm³/mol. The van der Waals surface area contributed by atoms with E-state index in [0.717, 1.165) is 17.0 Å². The normalized spacial score (nSPS) is 24.6. The van der Waals surface area contributed by atoms with E-state index in [4.69, 9.17) is 5.11 Å². The minimum absolute atomic E-state index is 0.0445. The smallest absolute Gasteiger partial charge is 0.303 e. The van der Waals surface area contributed by atoms with Gasteiger partial charge in [0.25, 0.3) is 11.8 Å². The number of carbonyl (C=O) groups is 5. The summed E-state index contributed by atoms with van der Waals surface area (Å²) in [4.78, 5) is 62.8. The van der Waals surface area contributed by atoms with Gasteiger partial charge in [-0.1, -0.05) is 0 Å². The van der Waals surface area contributed by atoms with Crippen molar-refractivity contribution in [3.05, 3.63) is 29.3 Å². The number of nitrogens with zero attached hydrogens (tertiary/aromatic N) is 2. The van der Waals surface area contributed by atoms with Crippen LogP contribution in [0.25, 0.3) is 0 Å². The third-order valence-electron chi connectivity index (χ3n) is 5.54. The molecule has 1 aromatic carbocycles. The Balaban J connectivity index is 1.55. The minimum atomic E-state index is -0.986. The summed E-state index contributed by atoms with van der Waals surface area (Å²) in [6.07, 6.45) is 1.04. The van der Waals surface area contributed by atoms with E-state index in [9.17, 15) is 24.0 Å². The first-order valence-electron chi connectivity index (χ1n) is 9.17. The van der Waals surface area contributed by atoms with Crippen molar-refractivity contribution in [1.82, 2.24) is 10.2 Å². The zero-order valence-electron chi connectivity index (χ0n) is 15.0. The van der Waals surface area contributed by atoms with Gasteiger partial charge in [-0.2, -0.15) is 0 Å². The number of imide groups is 2. The number of aliphatic carboxylic acids is 1. The molecule has 4 amide bonds. The summed E-state index contributed by atoms with van der Waals surface area (Å²) in [6.45, 7) is 1.25. The number of carboxylic acids is 1. The van der Waals surface area contributed by atoms with Crippen LogP contribution < -0.4 is 10.2 Å². The summed E-state index contributed by atoms with van der Waals surface area (Å²) in [6, 6.07) is 3.95. The van der Waals surface area contributed by atoms with E-state index >= 15 is 0 Å². The van der Waals surface area contributed by atoms with Gasteiger partial charge in [-0.15, -0.1) is 0 Å². The third-order valence-corrected chi connectivity index (χ3v) is 5.54. The molecule has 2 fully saturated rings. The van der Waals surface area contributed by atoms with Gasteiger partial charge in [-0.05, 0) is 37.0 Å². The van der Waals surface area contributed by atoms with Gasteiger partial charge in [0, 0.05) is 31.6 Å². The van der Waals surface area contributed by atoms with Crippen LogP contribution in [0, 0.1) is 5.92 Å². The van der Waals surface area contributed by atoms with Gasteiger partial charge in [0.05, 0.1) is 11.1 Å². The molecule has 2 saturated heterocycles. The zero-order chi connectivity index (χ0) is 20.0. The first kappa shape index (κ1) is 18.1. The molecule has 28 heavy (non-hydrogen) atoms. The summed E-state index contributed by atoms with van der Waals surface area (Å²) < 4.78 is 0. The lowest BCUT2D eigenvalue weighted by atomic mass is 10.0. The van der Waals surface area contributed by atoms with Crippen LogP contribution in [-0.4, -0.2) is 58.7 Å².